The third-order valence-electron chi connectivity index (χ3n) is 1.21. The van der Waals surface area contributed by atoms with Gasteiger partial charge in [-0.1, -0.05) is 0 Å². The fraction of sp³-hybridized carbons (Fsp3) is 0.444. The Morgan fingerprint density at radius 3 is 2.07 bits per heavy atom. The van der Waals surface area contributed by atoms with Gasteiger partial charge in [0.25, 0.3) is 5.95 Å². The molecule has 2 nitrogen and oxygen atoms in total. The van der Waals surface area contributed by atoms with Gasteiger partial charge < -0.3 is 4.74 Å². The quantitative estimate of drug-likeness (QED) is 0.695. The highest BCUT2D eigenvalue weighted by Crippen LogP contribution is 2.04. The van der Waals surface area contributed by atoms with Crippen LogP contribution in [0, 0.1) is 17.6 Å². The summed E-state index contributed by atoms with van der Waals surface area (Å²) in [5, 5.41) is 0. The number of hydrogen-bond donors (Lipinski definition) is 0. The first-order chi connectivity index (χ1) is 6.63. The minimum atomic E-state index is -1.53. The molecule has 0 saturated carbocycles. The van der Waals surface area contributed by atoms with Crippen molar-refractivity contribution < 1.29 is 17.9 Å². The Balaban J connectivity index is 0.000000292. The highest BCUT2D eigenvalue weighted by atomic mass is 19.2. The molecule has 0 saturated heterocycles. The van der Waals surface area contributed by atoms with Gasteiger partial charge in [-0.15, -0.1) is 0 Å². The first kappa shape index (κ1) is 12.9. The Bertz CT molecular complexity index is 246. The molecule has 1 rings (SSSR count). The third kappa shape index (κ3) is 4.81. The van der Waals surface area contributed by atoms with Crippen LogP contribution in [0.5, 0.6) is 0 Å². The van der Waals surface area contributed by atoms with E-state index in [9.17, 15) is 13.2 Å². The van der Waals surface area contributed by atoms with Crippen LogP contribution in [0.4, 0.5) is 13.2 Å². The molecule has 0 aliphatic heterocycles. The van der Waals surface area contributed by atoms with E-state index in [0.717, 1.165) is 25.5 Å². The van der Waals surface area contributed by atoms with Crippen molar-refractivity contribution in [2.45, 2.75) is 13.8 Å². The molecular formula is C9H12F3NO. The van der Waals surface area contributed by atoms with E-state index in [1.165, 1.54) is 0 Å². The van der Waals surface area contributed by atoms with Gasteiger partial charge in [0, 0.05) is 19.4 Å². The molecule has 0 bridgehead atoms. The molecule has 0 aliphatic carbocycles. The zero-order valence-corrected chi connectivity index (χ0v) is 8.06. The highest BCUT2D eigenvalue weighted by molar-refractivity contribution is 4.98. The minimum absolute atomic E-state index is 0.748. The Kier molecular flexibility index (Phi) is 6.74. The van der Waals surface area contributed by atoms with Crippen molar-refractivity contribution in [1.29, 1.82) is 0 Å². The van der Waals surface area contributed by atoms with Crippen molar-refractivity contribution in [2.75, 3.05) is 13.2 Å². The summed E-state index contributed by atoms with van der Waals surface area (Å²) in [7, 11) is 0. The first-order valence-electron chi connectivity index (χ1n) is 4.16. The summed E-state index contributed by atoms with van der Waals surface area (Å²) in [5.41, 5.74) is 0. The number of nitrogens with zero attached hydrogens (tertiary/aromatic N) is 1. The largest absolute Gasteiger partial charge is 0.382 e. The summed E-state index contributed by atoms with van der Waals surface area (Å²) in [5.74, 6) is -4.16. The van der Waals surface area contributed by atoms with Crippen LogP contribution in [0.15, 0.2) is 12.3 Å². The fourth-order valence-electron chi connectivity index (χ4n) is 0.601. The highest BCUT2D eigenvalue weighted by Gasteiger charge is 2.06. The molecule has 0 N–H and O–H groups in total. The topological polar surface area (TPSA) is 22.1 Å². The standard InChI is InChI=1S/C5H2F3N.C4H10O/c6-3-1-2-9-5(8)4(3)7;1-3-5-4-2/h1-2H;3-4H2,1-2H3. The molecule has 80 valence electrons. The molecular weight excluding hydrogens is 195 g/mol. The van der Waals surface area contributed by atoms with Crippen molar-refractivity contribution >= 4 is 0 Å². The molecule has 0 aliphatic rings. The van der Waals surface area contributed by atoms with Gasteiger partial charge in [0.15, 0.2) is 5.82 Å². The second-order valence-corrected chi connectivity index (χ2v) is 2.18. The molecule has 0 radical (unpaired) electrons. The molecule has 1 aromatic rings. The van der Waals surface area contributed by atoms with E-state index in [1.54, 1.807) is 0 Å². The molecule has 5 heteroatoms. The lowest BCUT2D eigenvalue weighted by atomic mass is 10.4. The van der Waals surface area contributed by atoms with Crippen LogP contribution >= 0.6 is 0 Å². The van der Waals surface area contributed by atoms with Crippen molar-refractivity contribution in [2.24, 2.45) is 0 Å². The van der Waals surface area contributed by atoms with E-state index in [-0.39, 0.29) is 0 Å². The van der Waals surface area contributed by atoms with Gasteiger partial charge in [-0.3, -0.25) is 0 Å². The van der Waals surface area contributed by atoms with Gasteiger partial charge in [-0.05, 0) is 19.9 Å². The van der Waals surface area contributed by atoms with Gasteiger partial charge in [0.1, 0.15) is 0 Å². The second kappa shape index (κ2) is 7.32. The average Bonchev–Trinajstić information content (AvgIpc) is 2.16. The molecule has 1 heterocycles. The van der Waals surface area contributed by atoms with Crippen LogP contribution in [-0.4, -0.2) is 18.2 Å². The Morgan fingerprint density at radius 1 is 1.21 bits per heavy atom. The first-order valence-corrected chi connectivity index (χ1v) is 4.16. The number of ether oxygens (including phenoxy) is 1. The lowest BCUT2D eigenvalue weighted by Crippen LogP contribution is -1.91. The molecule has 0 atom stereocenters. The summed E-state index contributed by atoms with van der Waals surface area (Å²) in [4.78, 5) is 2.86. The van der Waals surface area contributed by atoms with Crippen molar-refractivity contribution in [3.05, 3.63) is 29.8 Å². The fourth-order valence-corrected chi connectivity index (χ4v) is 0.601. The van der Waals surface area contributed by atoms with Crippen LogP contribution in [0.25, 0.3) is 0 Å². The van der Waals surface area contributed by atoms with Crippen LogP contribution in [0.3, 0.4) is 0 Å². The van der Waals surface area contributed by atoms with Crippen LogP contribution in [0.1, 0.15) is 13.8 Å². The van der Waals surface area contributed by atoms with Gasteiger partial charge in [0.2, 0.25) is 5.82 Å². The SMILES string of the molecule is CCOCC.Fc1ccnc(F)c1F. The third-order valence-corrected chi connectivity index (χ3v) is 1.21. The molecule has 0 unspecified atom stereocenters. The maximum absolute atomic E-state index is 11.9. The zero-order valence-electron chi connectivity index (χ0n) is 8.06. The molecule has 0 spiro atoms. The second-order valence-electron chi connectivity index (χ2n) is 2.18. The number of hydrogen-bond acceptors (Lipinski definition) is 2. The minimum Gasteiger partial charge on any atom is -0.382 e. The average molecular weight is 207 g/mol. The van der Waals surface area contributed by atoms with E-state index in [1.807, 2.05) is 13.8 Å². The van der Waals surface area contributed by atoms with Crippen LogP contribution in [0.2, 0.25) is 0 Å². The summed E-state index contributed by atoms with van der Waals surface area (Å²) in [6.45, 7) is 5.67. The van der Waals surface area contributed by atoms with Gasteiger partial charge in [-0.2, -0.15) is 8.78 Å². The maximum atomic E-state index is 11.9. The predicted octanol–water partition coefficient (Wildman–Crippen LogP) is 2.54. The summed E-state index contributed by atoms with van der Waals surface area (Å²) in [6, 6.07) is 0.748. The predicted molar refractivity (Wildman–Crippen MR) is 46.3 cm³/mol. The number of pyridine rings is 1. The number of halogens is 3. The normalized spacial score (nSPS) is 9.21. The van der Waals surface area contributed by atoms with Crippen molar-refractivity contribution in [3.8, 4) is 0 Å². The van der Waals surface area contributed by atoms with Crippen LogP contribution in [-0.2, 0) is 4.74 Å². The van der Waals surface area contributed by atoms with E-state index in [4.69, 9.17) is 4.74 Å². The Morgan fingerprint density at radius 2 is 1.79 bits per heavy atom. The van der Waals surface area contributed by atoms with Gasteiger partial charge in [0.05, 0.1) is 0 Å². The lowest BCUT2D eigenvalue weighted by Gasteiger charge is -1.89. The Labute approximate surface area is 80.7 Å². The molecule has 0 amide bonds. The molecule has 0 aromatic carbocycles. The van der Waals surface area contributed by atoms with E-state index >= 15 is 0 Å². The number of aromatic nitrogens is 1. The van der Waals surface area contributed by atoms with E-state index in [0.29, 0.717) is 0 Å². The Hall–Kier alpha value is -1.10. The van der Waals surface area contributed by atoms with Crippen LogP contribution < -0.4 is 0 Å². The molecule has 1 aromatic heterocycles. The van der Waals surface area contributed by atoms with Gasteiger partial charge in [-0.25, -0.2) is 9.37 Å². The lowest BCUT2D eigenvalue weighted by molar-refractivity contribution is 0.162. The summed E-state index contributed by atoms with van der Waals surface area (Å²) in [6.07, 6.45) is 0.855. The summed E-state index contributed by atoms with van der Waals surface area (Å²) >= 11 is 0. The maximum Gasteiger partial charge on any atom is 0.251 e. The van der Waals surface area contributed by atoms with Crippen molar-refractivity contribution in [1.82, 2.24) is 4.98 Å². The summed E-state index contributed by atoms with van der Waals surface area (Å²) < 4.78 is 40.5. The van der Waals surface area contributed by atoms with E-state index in [2.05, 4.69) is 4.98 Å². The van der Waals surface area contributed by atoms with E-state index < -0.39 is 17.6 Å². The van der Waals surface area contributed by atoms with Gasteiger partial charge >= 0.3 is 0 Å². The molecule has 0 fully saturated rings. The smallest absolute Gasteiger partial charge is 0.251 e. The van der Waals surface area contributed by atoms with Crippen molar-refractivity contribution in [3.63, 3.8) is 0 Å². The zero-order chi connectivity index (χ0) is 11.0. The number of rotatable bonds is 2. The monoisotopic (exact) mass is 207 g/mol. The molecule has 14 heavy (non-hydrogen) atoms.